The Kier molecular flexibility index (Phi) is 3.15. The zero-order valence-corrected chi connectivity index (χ0v) is 13.6. The highest BCUT2D eigenvalue weighted by atomic mass is 16.2. The van der Waals surface area contributed by atoms with Crippen molar-refractivity contribution in [1.29, 1.82) is 0 Å². The summed E-state index contributed by atoms with van der Waals surface area (Å²) >= 11 is 0. The van der Waals surface area contributed by atoms with Crippen LogP contribution in [0.25, 0.3) is 33.2 Å². The van der Waals surface area contributed by atoms with Gasteiger partial charge in [0.25, 0.3) is 5.91 Å². The van der Waals surface area contributed by atoms with Crippen LogP contribution >= 0.6 is 0 Å². The topological polar surface area (TPSA) is 76.5 Å². The predicted molar refractivity (Wildman–Crippen MR) is 98.8 cm³/mol. The fourth-order valence-electron chi connectivity index (χ4n) is 3.32. The van der Waals surface area contributed by atoms with Gasteiger partial charge in [-0.1, -0.05) is 36.4 Å². The molecule has 5 aromatic rings. The lowest BCUT2D eigenvalue weighted by atomic mass is 10.1. The largest absolute Gasteiger partial charge is 0.276 e. The first-order valence-corrected chi connectivity index (χ1v) is 8.20. The molecule has 0 amide bonds. The van der Waals surface area contributed by atoms with E-state index >= 15 is 0 Å². The van der Waals surface area contributed by atoms with Crippen molar-refractivity contribution in [2.45, 2.75) is 0 Å². The molecule has 6 nitrogen and oxygen atoms in total. The Balaban J connectivity index is 1.81. The zero-order valence-electron chi connectivity index (χ0n) is 13.6. The number of nitrogens with one attached hydrogen (secondary N) is 1. The van der Waals surface area contributed by atoms with E-state index in [1.165, 1.54) is 0 Å². The summed E-state index contributed by atoms with van der Waals surface area (Å²) in [5, 5.41) is 16.2. The van der Waals surface area contributed by atoms with Crippen molar-refractivity contribution in [2.75, 3.05) is 0 Å². The van der Waals surface area contributed by atoms with Gasteiger partial charge in [-0.15, -0.1) is 10.2 Å². The Morgan fingerprint density at radius 3 is 2.42 bits per heavy atom. The van der Waals surface area contributed by atoms with Crippen molar-refractivity contribution in [1.82, 2.24) is 25.2 Å². The van der Waals surface area contributed by atoms with Gasteiger partial charge in [-0.25, -0.2) is 0 Å². The van der Waals surface area contributed by atoms with E-state index in [1.54, 1.807) is 4.57 Å². The van der Waals surface area contributed by atoms with E-state index in [-0.39, 0.29) is 5.91 Å². The van der Waals surface area contributed by atoms with E-state index in [0.717, 1.165) is 27.4 Å². The Bertz CT molecular complexity index is 1240. The Morgan fingerprint density at radius 1 is 0.846 bits per heavy atom. The van der Waals surface area contributed by atoms with Crippen LogP contribution in [0.4, 0.5) is 0 Å². The van der Waals surface area contributed by atoms with Gasteiger partial charge in [0, 0.05) is 21.9 Å². The maximum absolute atomic E-state index is 13.2. The first kappa shape index (κ1) is 14.5. The highest BCUT2D eigenvalue weighted by molar-refractivity contribution is 6.16. The maximum atomic E-state index is 13.2. The van der Waals surface area contributed by atoms with E-state index in [9.17, 15) is 4.79 Å². The molecule has 0 fully saturated rings. The average Bonchev–Trinajstić information content (AvgIpc) is 3.34. The molecule has 26 heavy (non-hydrogen) atoms. The molecule has 124 valence electrons. The Morgan fingerprint density at radius 2 is 1.62 bits per heavy atom. The number of carbonyl (C=O) groups excluding carboxylic acids is 1. The lowest BCUT2D eigenvalue weighted by molar-refractivity contribution is 0.0969. The van der Waals surface area contributed by atoms with Gasteiger partial charge >= 0.3 is 0 Å². The number of aromatic nitrogens is 5. The summed E-state index contributed by atoms with van der Waals surface area (Å²) in [6.07, 6.45) is 0. The molecule has 0 spiro atoms. The summed E-state index contributed by atoms with van der Waals surface area (Å²) in [5.74, 6) is 0.474. The number of para-hydroxylation sites is 1. The Hall–Kier alpha value is -3.80. The minimum absolute atomic E-state index is 0.0517. The van der Waals surface area contributed by atoms with Gasteiger partial charge < -0.3 is 0 Å². The van der Waals surface area contributed by atoms with E-state index < -0.39 is 0 Å². The molecule has 3 aromatic carbocycles. The van der Waals surface area contributed by atoms with Crippen molar-refractivity contribution in [3.8, 4) is 11.4 Å². The smallest absolute Gasteiger partial charge is 0.262 e. The molecule has 0 unspecified atom stereocenters. The molecule has 2 aromatic heterocycles. The number of hydrogen-bond acceptors (Lipinski definition) is 4. The molecule has 0 aliphatic carbocycles. The summed E-state index contributed by atoms with van der Waals surface area (Å²) in [7, 11) is 0. The second kappa shape index (κ2) is 5.63. The zero-order chi connectivity index (χ0) is 17.5. The summed E-state index contributed by atoms with van der Waals surface area (Å²) < 4.78 is 1.76. The lowest BCUT2D eigenvalue weighted by Crippen LogP contribution is -2.11. The molecule has 0 saturated heterocycles. The summed E-state index contributed by atoms with van der Waals surface area (Å²) in [4.78, 5) is 13.2. The predicted octanol–water partition coefficient (Wildman–Crippen LogP) is 3.66. The van der Waals surface area contributed by atoms with Crippen molar-refractivity contribution >= 4 is 27.7 Å². The first-order valence-electron chi connectivity index (χ1n) is 8.20. The lowest BCUT2D eigenvalue weighted by Gasteiger charge is -2.06. The van der Waals surface area contributed by atoms with E-state index in [1.807, 2.05) is 72.8 Å². The first-order chi connectivity index (χ1) is 12.8. The van der Waals surface area contributed by atoms with E-state index in [2.05, 4.69) is 20.6 Å². The molecule has 1 N–H and O–H groups in total. The van der Waals surface area contributed by atoms with Gasteiger partial charge in [-0.05, 0) is 41.6 Å². The number of hydrogen-bond donors (Lipinski definition) is 1. The monoisotopic (exact) mass is 339 g/mol. The number of fused-ring (bicyclic) bond motifs is 3. The third-order valence-electron chi connectivity index (χ3n) is 4.50. The highest BCUT2D eigenvalue weighted by Gasteiger charge is 2.18. The molecule has 5 rings (SSSR count). The molecule has 0 atom stereocenters. The maximum Gasteiger partial charge on any atom is 0.262 e. The second-order valence-electron chi connectivity index (χ2n) is 5.99. The van der Waals surface area contributed by atoms with Crippen LogP contribution in [0, 0.1) is 0 Å². The Labute approximate surface area is 148 Å². The SMILES string of the molecule is O=C(c1ccccc1)n1c2ccccc2c2cc(-c3nn[nH]n3)ccc21. The number of nitrogens with zero attached hydrogens (tertiary/aromatic N) is 4. The van der Waals surface area contributed by atoms with Crippen molar-refractivity contribution < 1.29 is 4.79 Å². The second-order valence-corrected chi connectivity index (χ2v) is 5.99. The van der Waals surface area contributed by atoms with Gasteiger partial charge in [0.05, 0.1) is 11.0 Å². The quantitative estimate of drug-likeness (QED) is 0.532. The van der Waals surface area contributed by atoms with Crippen LogP contribution in [-0.2, 0) is 0 Å². The van der Waals surface area contributed by atoms with Gasteiger partial charge in [-0.3, -0.25) is 9.36 Å². The van der Waals surface area contributed by atoms with Crippen LogP contribution in [0.1, 0.15) is 10.4 Å². The summed E-state index contributed by atoms with van der Waals surface area (Å²) in [5.41, 5.74) is 3.23. The van der Waals surface area contributed by atoms with E-state index in [4.69, 9.17) is 0 Å². The molecule has 0 bridgehead atoms. The fraction of sp³-hybridized carbons (Fsp3) is 0. The van der Waals surface area contributed by atoms with Crippen molar-refractivity contribution in [3.63, 3.8) is 0 Å². The normalized spacial score (nSPS) is 11.2. The van der Waals surface area contributed by atoms with Gasteiger partial charge in [0.2, 0.25) is 5.82 Å². The molecular weight excluding hydrogens is 326 g/mol. The van der Waals surface area contributed by atoms with Crippen LogP contribution in [-0.4, -0.2) is 31.1 Å². The summed E-state index contributed by atoms with van der Waals surface area (Å²) in [6, 6.07) is 23.0. The highest BCUT2D eigenvalue weighted by Crippen LogP contribution is 2.32. The van der Waals surface area contributed by atoms with Crippen molar-refractivity contribution in [2.24, 2.45) is 0 Å². The minimum atomic E-state index is -0.0517. The molecule has 2 heterocycles. The molecule has 6 heteroatoms. The number of aromatic amines is 1. The number of carbonyl (C=O) groups is 1. The minimum Gasteiger partial charge on any atom is -0.276 e. The molecule has 0 radical (unpaired) electrons. The van der Waals surface area contributed by atoms with Crippen LogP contribution in [0.2, 0.25) is 0 Å². The number of tetrazole rings is 1. The van der Waals surface area contributed by atoms with Crippen LogP contribution in [0.3, 0.4) is 0 Å². The van der Waals surface area contributed by atoms with Gasteiger partial charge in [0.15, 0.2) is 0 Å². The molecule has 0 aliphatic heterocycles. The van der Waals surface area contributed by atoms with Crippen LogP contribution in [0.15, 0.2) is 72.8 Å². The standard InChI is InChI=1S/C20H13N5O/c26-20(13-6-2-1-3-7-13)25-17-9-5-4-8-15(17)16-12-14(10-11-18(16)25)19-21-23-24-22-19/h1-12H,(H,21,22,23,24). The van der Waals surface area contributed by atoms with Crippen LogP contribution < -0.4 is 0 Å². The van der Waals surface area contributed by atoms with E-state index in [0.29, 0.717) is 11.4 Å². The van der Waals surface area contributed by atoms with Gasteiger partial charge in [-0.2, -0.15) is 5.21 Å². The molecular formula is C20H13N5O. The number of benzene rings is 3. The number of rotatable bonds is 2. The average molecular weight is 339 g/mol. The van der Waals surface area contributed by atoms with Crippen molar-refractivity contribution in [3.05, 3.63) is 78.4 Å². The van der Waals surface area contributed by atoms with Gasteiger partial charge in [0.1, 0.15) is 0 Å². The fourth-order valence-corrected chi connectivity index (χ4v) is 3.32. The third-order valence-corrected chi connectivity index (χ3v) is 4.50. The number of H-pyrrole nitrogens is 1. The molecule has 0 saturated carbocycles. The summed E-state index contributed by atoms with van der Waals surface area (Å²) in [6.45, 7) is 0. The van der Waals surface area contributed by atoms with Crippen LogP contribution in [0.5, 0.6) is 0 Å². The third kappa shape index (κ3) is 2.12. The molecule has 0 aliphatic rings.